The predicted octanol–water partition coefficient (Wildman–Crippen LogP) is 2.66. The summed E-state index contributed by atoms with van der Waals surface area (Å²) in [7, 11) is 0. The zero-order valence-corrected chi connectivity index (χ0v) is 13.0. The number of aliphatic carboxylic acids is 1. The summed E-state index contributed by atoms with van der Waals surface area (Å²) in [6.07, 6.45) is -1.42. The molecule has 2 heterocycles. The van der Waals surface area contributed by atoms with E-state index in [1.54, 1.807) is 0 Å². The number of carboxylic acid groups (broad SMARTS) is 1. The lowest BCUT2D eigenvalue weighted by molar-refractivity contribution is -0.139. The van der Waals surface area contributed by atoms with Crippen LogP contribution in [0.25, 0.3) is 0 Å². The Morgan fingerprint density at radius 3 is 2.54 bits per heavy atom. The molecule has 3 rings (SSSR count). The van der Waals surface area contributed by atoms with Crippen LogP contribution in [0.1, 0.15) is 24.8 Å². The zero-order valence-electron chi connectivity index (χ0n) is 13.0. The highest BCUT2D eigenvalue weighted by molar-refractivity contribution is 5.73. The van der Waals surface area contributed by atoms with Gasteiger partial charge in [0.1, 0.15) is 6.10 Å². The Morgan fingerprint density at radius 2 is 2.04 bits per heavy atom. The molecule has 0 aromatic carbocycles. The van der Waals surface area contributed by atoms with Crippen LogP contribution in [0.15, 0.2) is 18.3 Å². The minimum Gasteiger partial charge on any atom is -0.481 e. The molecular weight excluding hydrogens is 325 g/mol. The second kappa shape index (κ2) is 6.58. The minimum absolute atomic E-state index is 0.0695. The van der Waals surface area contributed by atoms with Crippen molar-refractivity contribution in [3.63, 3.8) is 0 Å². The van der Waals surface area contributed by atoms with E-state index < -0.39 is 17.7 Å². The van der Waals surface area contributed by atoms with Crippen molar-refractivity contribution in [2.45, 2.75) is 31.5 Å². The molecule has 1 aromatic heterocycles. The number of halogens is 3. The summed E-state index contributed by atoms with van der Waals surface area (Å²) in [4.78, 5) is 16.8. The first-order chi connectivity index (χ1) is 11.3. The molecule has 0 unspecified atom stereocenters. The lowest BCUT2D eigenvalue weighted by Gasteiger charge is -2.31. The number of pyridine rings is 1. The van der Waals surface area contributed by atoms with Gasteiger partial charge in [-0.2, -0.15) is 13.2 Å². The zero-order chi connectivity index (χ0) is 17.3. The molecule has 1 aromatic rings. The third-order valence-electron chi connectivity index (χ3n) is 4.62. The van der Waals surface area contributed by atoms with Crippen molar-refractivity contribution >= 4 is 5.97 Å². The molecule has 1 aliphatic carbocycles. The Bertz CT molecular complexity index is 583. The Balaban J connectivity index is 1.43. The SMILES string of the molecule is O=C(O)[C@@H]1C[C@H]1CN1CCC(Oc2ccc(C(F)(F)F)cn2)CC1. The number of carboxylic acids is 1. The van der Waals surface area contributed by atoms with Gasteiger partial charge in [-0.1, -0.05) is 0 Å². The van der Waals surface area contributed by atoms with E-state index in [-0.39, 0.29) is 23.8 Å². The lowest BCUT2D eigenvalue weighted by atomic mass is 10.1. The van der Waals surface area contributed by atoms with E-state index in [0.29, 0.717) is 0 Å². The van der Waals surface area contributed by atoms with Crippen molar-refractivity contribution in [2.24, 2.45) is 11.8 Å². The molecule has 5 nitrogen and oxygen atoms in total. The van der Waals surface area contributed by atoms with Gasteiger partial charge in [0, 0.05) is 31.9 Å². The third kappa shape index (κ3) is 4.17. The van der Waals surface area contributed by atoms with Crippen LogP contribution in [-0.2, 0) is 11.0 Å². The van der Waals surface area contributed by atoms with Crippen molar-refractivity contribution in [3.05, 3.63) is 23.9 Å². The first kappa shape index (κ1) is 17.0. The van der Waals surface area contributed by atoms with Crippen molar-refractivity contribution in [2.75, 3.05) is 19.6 Å². The molecule has 0 amide bonds. The number of likely N-dealkylation sites (tertiary alicyclic amines) is 1. The van der Waals surface area contributed by atoms with Gasteiger partial charge in [0.25, 0.3) is 0 Å². The Hall–Kier alpha value is -1.83. The monoisotopic (exact) mass is 344 g/mol. The van der Waals surface area contributed by atoms with E-state index >= 15 is 0 Å². The summed E-state index contributed by atoms with van der Waals surface area (Å²) in [6.45, 7) is 2.39. The summed E-state index contributed by atoms with van der Waals surface area (Å²) in [5.74, 6) is -0.465. The maximum Gasteiger partial charge on any atom is 0.417 e. The number of piperidine rings is 1. The van der Waals surface area contributed by atoms with E-state index in [1.807, 2.05) is 0 Å². The predicted molar refractivity (Wildman–Crippen MR) is 78.6 cm³/mol. The van der Waals surface area contributed by atoms with E-state index in [9.17, 15) is 18.0 Å². The number of rotatable bonds is 5. The molecule has 0 spiro atoms. The fraction of sp³-hybridized carbons (Fsp3) is 0.625. The number of ether oxygens (including phenoxy) is 1. The highest BCUT2D eigenvalue weighted by Gasteiger charge is 2.44. The first-order valence-electron chi connectivity index (χ1n) is 7.98. The molecule has 1 saturated carbocycles. The highest BCUT2D eigenvalue weighted by atomic mass is 19.4. The van der Waals surface area contributed by atoms with Gasteiger partial charge in [0.15, 0.2) is 0 Å². The fourth-order valence-corrected chi connectivity index (χ4v) is 3.08. The van der Waals surface area contributed by atoms with Crippen LogP contribution in [0.5, 0.6) is 5.88 Å². The first-order valence-corrected chi connectivity index (χ1v) is 7.98. The molecule has 24 heavy (non-hydrogen) atoms. The standard InChI is InChI=1S/C16H19F3N2O3/c17-16(18,19)11-1-2-14(20-8-11)24-12-3-5-21(6-4-12)9-10-7-13(10)15(22)23/h1-2,8,10,12-13H,3-7,9H2,(H,22,23)/t10-,13+/m0/s1. The average Bonchev–Trinajstić information content (AvgIpc) is 3.28. The second-order valence-corrected chi connectivity index (χ2v) is 6.44. The molecular formula is C16H19F3N2O3. The summed E-state index contributed by atoms with van der Waals surface area (Å²) in [5, 5.41) is 8.91. The van der Waals surface area contributed by atoms with Crippen LogP contribution < -0.4 is 4.74 Å². The number of nitrogens with zero attached hydrogens (tertiary/aromatic N) is 2. The molecule has 1 N–H and O–H groups in total. The average molecular weight is 344 g/mol. The van der Waals surface area contributed by atoms with Crippen LogP contribution >= 0.6 is 0 Å². The normalized spacial score (nSPS) is 25.5. The van der Waals surface area contributed by atoms with Gasteiger partial charge >= 0.3 is 12.1 Å². The van der Waals surface area contributed by atoms with Gasteiger partial charge in [-0.25, -0.2) is 4.98 Å². The summed E-state index contributed by atoms with van der Waals surface area (Å²) < 4.78 is 43.1. The molecule has 0 bridgehead atoms. The van der Waals surface area contributed by atoms with Gasteiger partial charge in [-0.05, 0) is 31.2 Å². The molecule has 1 aliphatic heterocycles. The number of aromatic nitrogens is 1. The summed E-state index contributed by atoms with van der Waals surface area (Å²) in [6, 6.07) is 2.22. The second-order valence-electron chi connectivity index (χ2n) is 6.44. The van der Waals surface area contributed by atoms with E-state index in [2.05, 4.69) is 9.88 Å². The van der Waals surface area contributed by atoms with Crippen LogP contribution in [-0.4, -0.2) is 46.7 Å². The molecule has 2 aliphatic rings. The molecule has 2 fully saturated rings. The molecule has 2 atom stereocenters. The Kier molecular flexibility index (Phi) is 4.67. The lowest BCUT2D eigenvalue weighted by Crippen LogP contribution is -2.39. The van der Waals surface area contributed by atoms with E-state index in [0.717, 1.165) is 51.2 Å². The van der Waals surface area contributed by atoms with Crippen LogP contribution in [0.4, 0.5) is 13.2 Å². The van der Waals surface area contributed by atoms with Crippen molar-refractivity contribution in [1.82, 2.24) is 9.88 Å². The minimum atomic E-state index is -4.40. The van der Waals surface area contributed by atoms with Crippen LogP contribution in [0.2, 0.25) is 0 Å². The number of hydrogen-bond acceptors (Lipinski definition) is 4. The highest BCUT2D eigenvalue weighted by Crippen LogP contribution is 2.39. The maximum absolute atomic E-state index is 12.5. The van der Waals surface area contributed by atoms with Gasteiger partial charge < -0.3 is 14.7 Å². The van der Waals surface area contributed by atoms with Crippen molar-refractivity contribution in [3.8, 4) is 5.88 Å². The van der Waals surface area contributed by atoms with Crippen molar-refractivity contribution in [1.29, 1.82) is 0 Å². The van der Waals surface area contributed by atoms with Crippen LogP contribution in [0.3, 0.4) is 0 Å². The van der Waals surface area contributed by atoms with Gasteiger partial charge in [-0.3, -0.25) is 4.79 Å². The molecule has 132 valence electrons. The third-order valence-corrected chi connectivity index (χ3v) is 4.62. The topological polar surface area (TPSA) is 62.7 Å². The van der Waals surface area contributed by atoms with Gasteiger partial charge in [-0.15, -0.1) is 0 Å². The Labute approximate surface area is 137 Å². The largest absolute Gasteiger partial charge is 0.481 e. The fourth-order valence-electron chi connectivity index (χ4n) is 3.08. The molecule has 1 saturated heterocycles. The summed E-state index contributed by atoms with van der Waals surface area (Å²) in [5.41, 5.74) is -0.790. The van der Waals surface area contributed by atoms with E-state index in [4.69, 9.17) is 9.84 Å². The van der Waals surface area contributed by atoms with Gasteiger partial charge in [0.2, 0.25) is 5.88 Å². The molecule has 0 radical (unpaired) electrons. The quantitative estimate of drug-likeness (QED) is 0.890. The smallest absolute Gasteiger partial charge is 0.417 e. The van der Waals surface area contributed by atoms with Crippen molar-refractivity contribution < 1.29 is 27.8 Å². The van der Waals surface area contributed by atoms with E-state index in [1.165, 1.54) is 6.07 Å². The number of hydrogen-bond donors (Lipinski definition) is 1. The number of carbonyl (C=O) groups is 1. The van der Waals surface area contributed by atoms with Gasteiger partial charge in [0.05, 0.1) is 11.5 Å². The Morgan fingerprint density at radius 1 is 1.33 bits per heavy atom. The maximum atomic E-state index is 12.5. The molecule has 8 heteroatoms. The summed E-state index contributed by atoms with van der Waals surface area (Å²) >= 11 is 0. The van der Waals surface area contributed by atoms with Crippen LogP contribution in [0, 0.1) is 11.8 Å². The number of alkyl halides is 3.